The third kappa shape index (κ3) is 5.21. The van der Waals surface area contributed by atoms with Crippen LogP contribution in [0.3, 0.4) is 0 Å². The predicted molar refractivity (Wildman–Crippen MR) is 112 cm³/mol. The van der Waals surface area contributed by atoms with Crippen LogP contribution < -0.4 is 0 Å². The lowest BCUT2D eigenvalue weighted by atomic mass is 10.1. The Morgan fingerprint density at radius 2 is 1.90 bits per heavy atom. The number of aromatic nitrogens is 2. The Balaban J connectivity index is 1.69. The minimum absolute atomic E-state index is 0.00730. The third-order valence-electron chi connectivity index (χ3n) is 4.57. The van der Waals surface area contributed by atoms with Crippen molar-refractivity contribution in [3.05, 3.63) is 75.1 Å². The molecule has 0 aliphatic heterocycles. The highest BCUT2D eigenvalue weighted by Crippen LogP contribution is 2.21. The Kier molecular flexibility index (Phi) is 7.13. The van der Waals surface area contributed by atoms with Crippen molar-refractivity contribution in [3.63, 3.8) is 0 Å². The first kappa shape index (κ1) is 21.4. The number of carbonyl (C=O) groups is 1. The van der Waals surface area contributed by atoms with Crippen molar-refractivity contribution in [2.75, 3.05) is 13.1 Å². The second-order valence-electron chi connectivity index (χ2n) is 6.69. The fourth-order valence-electron chi connectivity index (χ4n) is 2.91. The van der Waals surface area contributed by atoms with Gasteiger partial charge in [-0.1, -0.05) is 42.2 Å². The SMILES string of the molecule is CCCCN(CCc1nc(-c2ccc([N+](=O)[O-])cc2)no1)C(=O)c1ccccc1Cl. The fraction of sp³-hybridized carbons (Fsp3) is 0.286. The first-order valence-electron chi connectivity index (χ1n) is 9.60. The van der Waals surface area contributed by atoms with Gasteiger partial charge in [0.05, 0.1) is 15.5 Å². The Hall–Kier alpha value is -3.26. The molecule has 3 rings (SSSR count). The van der Waals surface area contributed by atoms with Crippen LogP contribution in [-0.2, 0) is 6.42 Å². The zero-order chi connectivity index (χ0) is 21.5. The van der Waals surface area contributed by atoms with Gasteiger partial charge in [-0.25, -0.2) is 0 Å². The second kappa shape index (κ2) is 9.98. The summed E-state index contributed by atoms with van der Waals surface area (Å²) in [6.45, 7) is 3.07. The highest BCUT2D eigenvalue weighted by Gasteiger charge is 2.19. The molecule has 0 unspecified atom stereocenters. The molecule has 0 aliphatic carbocycles. The average Bonchev–Trinajstić information content (AvgIpc) is 3.23. The van der Waals surface area contributed by atoms with Crippen molar-refractivity contribution in [2.45, 2.75) is 26.2 Å². The van der Waals surface area contributed by atoms with Crippen LogP contribution in [0, 0.1) is 10.1 Å². The van der Waals surface area contributed by atoms with Crippen LogP contribution in [0.2, 0.25) is 5.02 Å². The third-order valence-corrected chi connectivity index (χ3v) is 4.90. The van der Waals surface area contributed by atoms with Crippen LogP contribution >= 0.6 is 11.6 Å². The molecule has 1 heterocycles. The first-order chi connectivity index (χ1) is 14.5. The van der Waals surface area contributed by atoms with E-state index in [9.17, 15) is 14.9 Å². The number of rotatable bonds is 9. The van der Waals surface area contributed by atoms with E-state index in [1.54, 1.807) is 41.3 Å². The number of amides is 1. The molecule has 0 radical (unpaired) electrons. The molecule has 0 aliphatic rings. The van der Waals surface area contributed by atoms with Crippen molar-refractivity contribution >= 4 is 23.2 Å². The quantitative estimate of drug-likeness (QED) is 0.359. The number of nitrogens with zero attached hydrogens (tertiary/aromatic N) is 4. The predicted octanol–water partition coefficient (Wildman–Crippen LogP) is 4.78. The number of non-ortho nitro benzene ring substituents is 1. The molecule has 2 aromatic carbocycles. The normalized spacial score (nSPS) is 10.7. The lowest BCUT2D eigenvalue weighted by Crippen LogP contribution is -2.34. The van der Waals surface area contributed by atoms with Gasteiger partial charge in [0.2, 0.25) is 11.7 Å². The van der Waals surface area contributed by atoms with Crippen LogP contribution in [-0.4, -0.2) is 39.0 Å². The van der Waals surface area contributed by atoms with E-state index < -0.39 is 4.92 Å². The zero-order valence-electron chi connectivity index (χ0n) is 16.5. The second-order valence-corrected chi connectivity index (χ2v) is 7.10. The molecule has 1 amide bonds. The van der Waals surface area contributed by atoms with E-state index in [4.69, 9.17) is 16.1 Å². The maximum atomic E-state index is 12.9. The van der Waals surface area contributed by atoms with Gasteiger partial charge >= 0.3 is 0 Å². The first-order valence-corrected chi connectivity index (χ1v) is 9.98. The molecule has 0 fully saturated rings. The Morgan fingerprint density at radius 3 is 2.57 bits per heavy atom. The molecule has 0 saturated heterocycles. The monoisotopic (exact) mass is 428 g/mol. The van der Waals surface area contributed by atoms with Gasteiger partial charge in [-0.15, -0.1) is 0 Å². The summed E-state index contributed by atoms with van der Waals surface area (Å²) in [5, 5.41) is 15.1. The summed E-state index contributed by atoms with van der Waals surface area (Å²) in [7, 11) is 0. The topological polar surface area (TPSA) is 102 Å². The van der Waals surface area contributed by atoms with E-state index in [1.807, 2.05) is 0 Å². The van der Waals surface area contributed by atoms with Crippen LogP contribution in [0.1, 0.15) is 36.0 Å². The van der Waals surface area contributed by atoms with E-state index in [-0.39, 0.29) is 11.6 Å². The van der Waals surface area contributed by atoms with Crippen molar-refractivity contribution in [3.8, 4) is 11.4 Å². The number of benzene rings is 2. The zero-order valence-corrected chi connectivity index (χ0v) is 17.2. The number of hydrogen-bond donors (Lipinski definition) is 0. The molecule has 30 heavy (non-hydrogen) atoms. The molecular weight excluding hydrogens is 408 g/mol. The van der Waals surface area contributed by atoms with E-state index in [0.29, 0.717) is 47.4 Å². The molecular formula is C21H21ClN4O4. The van der Waals surface area contributed by atoms with E-state index >= 15 is 0 Å². The van der Waals surface area contributed by atoms with Crippen LogP contribution in [0.4, 0.5) is 5.69 Å². The van der Waals surface area contributed by atoms with Gasteiger partial charge in [0.25, 0.3) is 11.6 Å². The van der Waals surface area contributed by atoms with Gasteiger partial charge < -0.3 is 9.42 Å². The average molecular weight is 429 g/mol. The van der Waals surface area contributed by atoms with Crippen LogP contribution in [0.15, 0.2) is 53.1 Å². The van der Waals surface area contributed by atoms with Crippen molar-refractivity contribution < 1.29 is 14.2 Å². The van der Waals surface area contributed by atoms with Crippen LogP contribution in [0.5, 0.6) is 0 Å². The largest absolute Gasteiger partial charge is 0.339 e. The summed E-state index contributed by atoms with van der Waals surface area (Å²) in [4.78, 5) is 29.3. The van der Waals surface area contributed by atoms with E-state index in [2.05, 4.69) is 17.1 Å². The summed E-state index contributed by atoms with van der Waals surface area (Å²) in [5.41, 5.74) is 1.07. The summed E-state index contributed by atoms with van der Waals surface area (Å²) >= 11 is 6.19. The molecule has 0 bridgehead atoms. The lowest BCUT2D eigenvalue weighted by molar-refractivity contribution is -0.384. The van der Waals surface area contributed by atoms with Crippen molar-refractivity contribution in [2.24, 2.45) is 0 Å². The van der Waals surface area contributed by atoms with Gasteiger partial charge in [0.15, 0.2) is 0 Å². The molecule has 0 atom stereocenters. The summed E-state index contributed by atoms with van der Waals surface area (Å²) in [6.07, 6.45) is 2.21. The molecule has 9 heteroatoms. The number of carbonyl (C=O) groups excluding carboxylic acids is 1. The van der Waals surface area contributed by atoms with E-state index in [1.165, 1.54) is 12.1 Å². The number of unbranched alkanes of at least 4 members (excludes halogenated alkanes) is 1. The summed E-state index contributed by atoms with van der Waals surface area (Å²) in [5.74, 6) is 0.596. The molecule has 3 aromatic rings. The summed E-state index contributed by atoms with van der Waals surface area (Å²) < 4.78 is 5.30. The number of halogens is 1. The van der Waals surface area contributed by atoms with Crippen LogP contribution in [0.25, 0.3) is 11.4 Å². The summed E-state index contributed by atoms with van der Waals surface area (Å²) in [6, 6.07) is 12.9. The molecule has 0 saturated carbocycles. The van der Waals surface area contributed by atoms with Crippen molar-refractivity contribution in [1.29, 1.82) is 0 Å². The fourth-order valence-corrected chi connectivity index (χ4v) is 3.12. The van der Waals surface area contributed by atoms with Gasteiger partial charge in [-0.05, 0) is 30.7 Å². The highest BCUT2D eigenvalue weighted by atomic mass is 35.5. The number of hydrogen-bond acceptors (Lipinski definition) is 6. The molecule has 0 spiro atoms. The van der Waals surface area contributed by atoms with Gasteiger partial charge in [-0.2, -0.15) is 4.98 Å². The Bertz CT molecular complexity index is 1020. The maximum Gasteiger partial charge on any atom is 0.269 e. The Labute approximate surface area is 178 Å². The number of nitro groups is 1. The van der Waals surface area contributed by atoms with E-state index in [0.717, 1.165) is 12.8 Å². The molecule has 8 nitrogen and oxygen atoms in total. The van der Waals surface area contributed by atoms with Crippen molar-refractivity contribution in [1.82, 2.24) is 15.0 Å². The molecule has 156 valence electrons. The van der Waals surface area contributed by atoms with Gasteiger partial charge in [-0.3, -0.25) is 14.9 Å². The number of nitro benzene ring substituents is 1. The molecule has 0 N–H and O–H groups in total. The highest BCUT2D eigenvalue weighted by molar-refractivity contribution is 6.33. The molecule has 1 aromatic heterocycles. The van der Waals surface area contributed by atoms with Gasteiger partial charge in [0.1, 0.15) is 0 Å². The standard InChI is InChI=1S/C21H21ClN4O4/c1-2-3-13-25(21(27)17-6-4-5-7-18(17)22)14-12-19-23-20(24-30-19)15-8-10-16(11-9-15)26(28)29/h4-11H,2-3,12-14H2,1H3. The maximum absolute atomic E-state index is 12.9. The minimum atomic E-state index is -0.466. The van der Waals surface area contributed by atoms with Gasteiger partial charge in [0, 0.05) is 37.2 Å². The minimum Gasteiger partial charge on any atom is -0.339 e. The lowest BCUT2D eigenvalue weighted by Gasteiger charge is -2.22. The smallest absolute Gasteiger partial charge is 0.269 e. The Morgan fingerprint density at radius 1 is 1.17 bits per heavy atom.